The van der Waals surface area contributed by atoms with Gasteiger partial charge in [-0.15, -0.1) is 0 Å². The second kappa shape index (κ2) is 6.39. The minimum atomic E-state index is -1.07. The highest BCUT2D eigenvalue weighted by atomic mass is 35.5. The standard InChI is InChI=1S/C15H14ClNO3/c1-2-3-10-4-6-12(7-5-10)20-14-9-11(15(18)19)8-13(16)17-14/h4-9H,2-3H2,1H3,(H,18,19). The molecule has 4 nitrogen and oxygen atoms in total. The van der Waals surface area contributed by atoms with Crippen molar-refractivity contribution >= 4 is 17.6 Å². The highest BCUT2D eigenvalue weighted by Gasteiger charge is 2.09. The first-order valence-electron chi connectivity index (χ1n) is 6.26. The van der Waals surface area contributed by atoms with Crippen molar-refractivity contribution in [1.29, 1.82) is 0 Å². The number of nitrogens with zero attached hydrogens (tertiary/aromatic N) is 1. The summed E-state index contributed by atoms with van der Waals surface area (Å²) < 4.78 is 5.52. The molecule has 0 atom stereocenters. The third-order valence-corrected chi connectivity index (χ3v) is 2.90. The van der Waals surface area contributed by atoms with Crippen LogP contribution >= 0.6 is 11.6 Å². The predicted molar refractivity (Wildman–Crippen MR) is 76.7 cm³/mol. The Hall–Kier alpha value is -2.07. The Kier molecular flexibility index (Phi) is 4.58. The Balaban J connectivity index is 2.19. The number of pyridine rings is 1. The fourth-order valence-electron chi connectivity index (χ4n) is 1.78. The first-order valence-corrected chi connectivity index (χ1v) is 6.64. The number of rotatable bonds is 5. The molecule has 0 aliphatic carbocycles. The van der Waals surface area contributed by atoms with Gasteiger partial charge in [-0.3, -0.25) is 0 Å². The molecular formula is C15H14ClNO3. The van der Waals surface area contributed by atoms with E-state index in [2.05, 4.69) is 11.9 Å². The molecule has 1 heterocycles. The van der Waals surface area contributed by atoms with Crippen molar-refractivity contribution in [3.05, 3.63) is 52.7 Å². The van der Waals surface area contributed by atoms with Crippen LogP contribution in [0.5, 0.6) is 11.6 Å². The lowest BCUT2D eigenvalue weighted by atomic mass is 10.1. The van der Waals surface area contributed by atoms with Crippen LogP contribution in [0.25, 0.3) is 0 Å². The number of halogens is 1. The smallest absolute Gasteiger partial charge is 0.335 e. The molecule has 1 N–H and O–H groups in total. The van der Waals surface area contributed by atoms with E-state index in [9.17, 15) is 4.79 Å². The van der Waals surface area contributed by atoms with Gasteiger partial charge in [-0.2, -0.15) is 0 Å². The average molecular weight is 292 g/mol. The number of aromatic nitrogens is 1. The molecule has 1 aromatic carbocycles. The van der Waals surface area contributed by atoms with E-state index in [-0.39, 0.29) is 16.6 Å². The molecule has 2 aromatic rings. The number of carboxylic acids is 1. The van der Waals surface area contributed by atoms with Crippen LogP contribution in [0.3, 0.4) is 0 Å². The Bertz CT molecular complexity index is 611. The molecule has 20 heavy (non-hydrogen) atoms. The SMILES string of the molecule is CCCc1ccc(Oc2cc(C(=O)O)cc(Cl)n2)cc1. The van der Waals surface area contributed by atoms with Gasteiger partial charge in [0.05, 0.1) is 5.56 Å². The summed E-state index contributed by atoms with van der Waals surface area (Å²) >= 11 is 5.77. The molecule has 0 unspecified atom stereocenters. The average Bonchev–Trinajstić information content (AvgIpc) is 2.40. The minimum Gasteiger partial charge on any atom is -0.478 e. The molecule has 0 aliphatic rings. The number of benzene rings is 1. The fraction of sp³-hybridized carbons (Fsp3) is 0.200. The van der Waals surface area contributed by atoms with E-state index in [1.807, 2.05) is 24.3 Å². The van der Waals surface area contributed by atoms with Gasteiger partial charge in [0, 0.05) is 6.07 Å². The third-order valence-electron chi connectivity index (χ3n) is 2.70. The lowest BCUT2D eigenvalue weighted by molar-refractivity contribution is 0.0696. The maximum Gasteiger partial charge on any atom is 0.335 e. The van der Waals surface area contributed by atoms with E-state index in [4.69, 9.17) is 21.4 Å². The molecule has 0 amide bonds. The van der Waals surface area contributed by atoms with E-state index in [1.54, 1.807) is 0 Å². The van der Waals surface area contributed by atoms with Gasteiger partial charge in [0.1, 0.15) is 10.9 Å². The van der Waals surface area contributed by atoms with Gasteiger partial charge in [0.25, 0.3) is 0 Å². The first-order chi connectivity index (χ1) is 9.58. The van der Waals surface area contributed by atoms with Gasteiger partial charge in [-0.1, -0.05) is 37.1 Å². The largest absolute Gasteiger partial charge is 0.478 e. The monoisotopic (exact) mass is 291 g/mol. The number of hydrogen-bond donors (Lipinski definition) is 1. The molecule has 5 heteroatoms. The van der Waals surface area contributed by atoms with Crippen LogP contribution in [0.2, 0.25) is 5.15 Å². The van der Waals surface area contributed by atoms with Crippen molar-refractivity contribution in [2.75, 3.05) is 0 Å². The molecular weight excluding hydrogens is 278 g/mol. The topological polar surface area (TPSA) is 59.4 Å². The lowest BCUT2D eigenvalue weighted by Crippen LogP contribution is -1.98. The van der Waals surface area contributed by atoms with Crippen LogP contribution in [-0.4, -0.2) is 16.1 Å². The van der Waals surface area contributed by atoms with Crippen LogP contribution in [0.1, 0.15) is 29.3 Å². The van der Waals surface area contributed by atoms with Crippen molar-refractivity contribution in [1.82, 2.24) is 4.98 Å². The summed E-state index contributed by atoms with van der Waals surface area (Å²) in [5.74, 6) is -0.313. The van der Waals surface area contributed by atoms with E-state index in [1.165, 1.54) is 17.7 Å². The zero-order valence-electron chi connectivity index (χ0n) is 11.0. The van der Waals surface area contributed by atoms with E-state index < -0.39 is 5.97 Å². The Morgan fingerprint density at radius 1 is 1.30 bits per heavy atom. The number of hydrogen-bond acceptors (Lipinski definition) is 3. The Morgan fingerprint density at radius 2 is 2.00 bits per heavy atom. The molecule has 104 valence electrons. The van der Waals surface area contributed by atoms with Crippen LogP contribution in [-0.2, 0) is 6.42 Å². The van der Waals surface area contributed by atoms with Gasteiger partial charge in [-0.05, 0) is 30.2 Å². The van der Waals surface area contributed by atoms with Crippen LogP contribution in [0, 0.1) is 0 Å². The van der Waals surface area contributed by atoms with E-state index in [0.717, 1.165) is 12.8 Å². The number of aromatic carboxylic acids is 1. The Morgan fingerprint density at radius 3 is 2.60 bits per heavy atom. The summed E-state index contributed by atoms with van der Waals surface area (Å²) in [4.78, 5) is 14.9. The second-order valence-electron chi connectivity index (χ2n) is 4.32. The van der Waals surface area contributed by atoms with Crippen LogP contribution in [0.15, 0.2) is 36.4 Å². The van der Waals surface area contributed by atoms with Crippen molar-refractivity contribution in [3.63, 3.8) is 0 Å². The highest BCUT2D eigenvalue weighted by Crippen LogP contribution is 2.23. The number of carbonyl (C=O) groups is 1. The molecule has 0 radical (unpaired) electrons. The minimum absolute atomic E-state index is 0.0441. The highest BCUT2D eigenvalue weighted by molar-refractivity contribution is 6.29. The first kappa shape index (κ1) is 14.3. The second-order valence-corrected chi connectivity index (χ2v) is 4.71. The van der Waals surface area contributed by atoms with E-state index >= 15 is 0 Å². The van der Waals surface area contributed by atoms with Crippen molar-refractivity contribution in [2.24, 2.45) is 0 Å². The molecule has 0 saturated carbocycles. The number of ether oxygens (including phenoxy) is 1. The summed E-state index contributed by atoms with van der Waals surface area (Å²) in [6, 6.07) is 10.2. The molecule has 0 fully saturated rings. The summed E-state index contributed by atoms with van der Waals surface area (Å²) in [6.07, 6.45) is 2.09. The maximum atomic E-state index is 10.9. The van der Waals surface area contributed by atoms with Gasteiger partial charge < -0.3 is 9.84 Å². The van der Waals surface area contributed by atoms with E-state index in [0.29, 0.717) is 5.75 Å². The Labute approximate surface area is 122 Å². The normalized spacial score (nSPS) is 10.3. The van der Waals surface area contributed by atoms with Gasteiger partial charge >= 0.3 is 5.97 Å². The lowest BCUT2D eigenvalue weighted by Gasteiger charge is -2.07. The zero-order valence-corrected chi connectivity index (χ0v) is 11.7. The predicted octanol–water partition coefficient (Wildman–Crippen LogP) is 4.18. The molecule has 2 rings (SSSR count). The van der Waals surface area contributed by atoms with Crippen LogP contribution < -0.4 is 4.74 Å². The summed E-state index contributed by atoms with van der Waals surface area (Å²) in [7, 11) is 0. The quantitative estimate of drug-likeness (QED) is 0.840. The number of aryl methyl sites for hydroxylation is 1. The summed E-state index contributed by atoms with van der Waals surface area (Å²) in [5.41, 5.74) is 1.27. The van der Waals surface area contributed by atoms with Crippen molar-refractivity contribution in [2.45, 2.75) is 19.8 Å². The van der Waals surface area contributed by atoms with Gasteiger partial charge in [-0.25, -0.2) is 9.78 Å². The third kappa shape index (κ3) is 3.71. The fourth-order valence-corrected chi connectivity index (χ4v) is 1.98. The zero-order chi connectivity index (χ0) is 14.5. The molecule has 0 bridgehead atoms. The molecule has 1 aromatic heterocycles. The summed E-state index contributed by atoms with van der Waals surface area (Å²) in [5, 5.41) is 9.04. The van der Waals surface area contributed by atoms with Crippen LogP contribution in [0.4, 0.5) is 0 Å². The van der Waals surface area contributed by atoms with Crippen molar-refractivity contribution < 1.29 is 14.6 Å². The maximum absolute atomic E-state index is 10.9. The van der Waals surface area contributed by atoms with Gasteiger partial charge in [0.15, 0.2) is 0 Å². The molecule has 0 saturated heterocycles. The molecule has 0 spiro atoms. The van der Waals surface area contributed by atoms with Crippen molar-refractivity contribution in [3.8, 4) is 11.6 Å². The van der Waals surface area contributed by atoms with Gasteiger partial charge in [0.2, 0.25) is 5.88 Å². The number of carboxylic acid groups (broad SMARTS) is 1. The molecule has 0 aliphatic heterocycles. The summed E-state index contributed by atoms with van der Waals surface area (Å²) in [6.45, 7) is 2.12.